The summed E-state index contributed by atoms with van der Waals surface area (Å²) in [7, 11) is 0. The number of ketones is 1. The van der Waals surface area contributed by atoms with Crippen molar-refractivity contribution in [2.45, 2.75) is 0 Å². The van der Waals surface area contributed by atoms with Gasteiger partial charge in [0.2, 0.25) is 0 Å². The Morgan fingerprint density at radius 3 is 2.33 bits per heavy atom. The third kappa shape index (κ3) is 3.28. The van der Waals surface area contributed by atoms with Gasteiger partial charge in [0.05, 0.1) is 6.08 Å². The Hall–Kier alpha value is -1.94. The first-order valence-corrected chi connectivity index (χ1v) is 6.19. The van der Waals surface area contributed by atoms with Crippen LogP contribution in [0.2, 0.25) is 0 Å². The first kappa shape index (κ1) is 12.5. The van der Waals surface area contributed by atoms with Gasteiger partial charge < -0.3 is 5.73 Å². The summed E-state index contributed by atoms with van der Waals surface area (Å²) >= 11 is 3.33. The lowest BCUT2D eigenvalue weighted by Gasteiger charge is -1.94. The highest BCUT2D eigenvalue weighted by Crippen LogP contribution is 2.11. The van der Waals surface area contributed by atoms with Gasteiger partial charge in [-0.05, 0) is 24.3 Å². The van der Waals surface area contributed by atoms with Crippen molar-refractivity contribution in [2.24, 2.45) is 0 Å². The molecule has 0 atom stereocenters. The maximum Gasteiger partial charge on any atom is 0.191 e. The Morgan fingerprint density at radius 1 is 1.11 bits per heavy atom. The molecular weight excluding hydrogens is 292 g/mol. The molecule has 0 unspecified atom stereocenters. The van der Waals surface area contributed by atoms with Crippen LogP contribution in [0.15, 0.2) is 59.3 Å². The number of halogens is 1. The van der Waals surface area contributed by atoms with Crippen LogP contribution in [-0.2, 0) is 0 Å². The monoisotopic (exact) mass is 303 g/mol. The molecule has 1 aromatic heterocycles. The van der Waals surface area contributed by atoms with E-state index in [0.717, 1.165) is 4.47 Å². The van der Waals surface area contributed by atoms with Gasteiger partial charge in [0.25, 0.3) is 0 Å². The average Bonchev–Trinajstić information content (AvgIpc) is 2.38. The van der Waals surface area contributed by atoms with Crippen LogP contribution < -0.4 is 10.3 Å². The van der Waals surface area contributed by atoms with Gasteiger partial charge in [-0.1, -0.05) is 15.9 Å². The van der Waals surface area contributed by atoms with E-state index in [-0.39, 0.29) is 5.78 Å². The molecule has 0 amide bonds. The lowest BCUT2D eigenvalue weighted by molar-refractivity contribution is -0.568. The maximum absolute atomic E-state index is 11.9. The zero-order valence-corrected chi connectivity index (χ0v) is 11.2. The Bertz CT molecular complexity index is 574. The number of aromatic nitrogens is 1. The minimum absolute atomic E-state index is 0.0353. The molecule has 4 heteroatoms. The molecule has 0 spiro atoms. The number of benzene rings is 1. The topological polar surface area (TPSA) is 47.0 Å². The van der Waals surface area contributed by atoms with Gasteiger partial charge in [-0.15, -0.1) is 0 Å². The minimum Gasteiger partial charge on any atom is -0.398 e. The molecule has 0 fully saturated rings. The summed E-state index contributed by atoms with van der Waals surface area (Å²) in [6.07, 6.45) is 6.81. The number of pyridine rings is 1. The number of allylic oxidation sites excluding steroid dienone is 1. The van der Waals surface area contributed by atoms with E-state index in [2.05, 4.69) is 15.9 Å². The quantitative estimate of drug-likeness (QED) is 0.538. The van der Waals surface area contributed by atoms with Gasteiger partial charge in [0.1, 0.15) is 0 Å². The molecule has 0 radical (unpaired) electrons. The summed E-state index contributed by atoms with van der Waals surface area (Å²) in [5.74, 6) is -0.0353. The first-order valence-electron chi connectivity index (χ1n) is 5.39. The van der Waals surface area contributed by atoms with Gasteiger partial charge >= 0.3 is 0 Å². The highest BCUT2D eigenvalue weighted by Gasteiger charge is 2.02. The van der Waals surface area contributed by atoms with Crippen molar-refractivity contribution in [3.63, 3.8) is 0 Å². The molecule has 0 aliphatic rings. The standard InChI is InChI=1S/C14H11BrN2O/c15-12-3-1-11(2-4-12)14(18)7-10-17-8-5-13(16)6-9-17/h1-10,16H/p+1. The summed E-state index contributed by atoms with van der Waals surface area (Å²) in [4.78, 5) is 11.9. The summed E-state index contributed by atoms with van der Waals surface area (Å²) in [5, 5.41) is 0. The van der Waals surface area contributed by atoms with Crippen molar-refractivity contribution in [1.82, 2.24) is 0 Å². The van der Waals surface area contributed by atoms with Gasteiger partial charge in [-0.25, -0.2) is 0 Å². The normalized spacial score (nSPS) is 10.7. The number of nitrogen functional groups attached to an aromatic ring is 1. The minimum atomic E-state index is -0.0353. The van der Waals surface area contributed by atoms with Crippen LogP contribution in [0.25, 0.3) is 6.20 Å². The summed E-state index contributed by atoms with van der Waals surface area (Å²) in [6, 6.07) is 10.8. The third-order valence-electron chi connectivity index (χ3n) is 2.41. The number of carbonyl (C=O) groups is 1. The molecule has 0 aliphatic heterocycles. The maximum atomic E-state index is 11.9. The molecule has 0 saturated heterocycles. The Balaban J connectivity index is 2.11. The molecule has 1 heterocycles. The van der Waals surface area contributed by atoms with E-state index in [1.165, 1.54) is 6.08 Å². The smallest absolute Gasteiger partial charge is 0.191 e. The average molecular weight is 304 g/mol. The third-order valence-corrected chi connectivity index (χ3v) is 2.93. The fourth-order valence-electron chi connectivity index (χ4n) is 1.41. The second kappa shape index (κ2) is 5.60. The van der Waals surface area contributed by atoms with E-state index >= 15 is 0 Å². The van der Waals surface area contributed by atoms with E-state index in [4.69, 9.17) is 5.73 Å². The Labute approximate surface area is 114 Å². The van der Waals surface area contributed by atoms with Gasteiger partial charge in [0, 0.05) is 27.9 Å². The van der Waals surface area contributed by atoms with E-state index in [9.17, 15) is 4.79 Å². The van der Waals surface area contributed by atoms with E-state index in [1.807, 2.05) is 12.1 Å². The molecule has 90 valence electrons. The van der Waals surface area contributed by atoms with Gasteiger partial charge in [-0.2, -0.15) is 4.57 Å². The van der Waals surface area contributed by atoms with Crippen LogP contribution in [0, 0.1) is 0 Å². The second-order valence-corrected chi connectivity index (χ2v) is 4.68. The molecule has 0 bridgehead atoms. The van der Waals surface area contributed by atoms with E-state index in [1.54, 1.807) is 47.4 Å². The Kier molecular flexibility index (Phi) is 3.89. The number of nitrogens with two attached hydrogens (primary N) is 1. The molecule has 0 aliphatic carbocycles. The number of anilines is 1. The zero-order valence-electron chi connectivity index (χ0n) is 9.58. The highest BCUT2D eigenvalue weighted by molar-refractivity contribution is 9.10. The number of nitrogens with zero attached hydrogens (tertiary/aromatic N) is 1. The molecule has 0 saturated carbocycles. The summed E-state index contributed by atoms with van der Waals surface area (Å²) in [5.41, 5.74) is 6.93. The van der Waals surface area contributed by atoms with Crippen LogP contribution >= 0.6 is 15.9 Å². The van der Waals surface area contributed by atoms with Gasteiger partial charge in [0.15, 0.2) is 24.4 Å². The van der Waals surface area contributed by atoms with Crippen molar-refractivity contribution >= 4 is 33.6 Å². The fraction of sp³-hybridized carbons (Fsp3) is 0. The van der Waals surface area contributed by atoms with Crippen molar-refractivity contribution in [3.05, 3.63) is 64.9 Å². The van der Waals surface area contributed by atoms with Crippen LogP contribution in [0.3, 0.4) is 0 Å². The predicted octanol–water partition coefficient (Wildman–Crippen LogP) is 2.67. The Morgan fingerprint density at radius 2 is 1.72 bits per heavy atom. The fourth-order valence-corrected chi connectivity index (χ4v) is 1.68. The van der Waals surface area contributed by atoms with Crippen molar-refractivity contribution in [1.29, 1.82) is 0 Å². The van der Waals surface area contributed by atoms with Crippen molar-refractivity contribution < 1.29 is 9.36 Å². The van der Waals surface area contributed by atoms with E-state index < -0.39 is 0 Å². The lowest BCUT2D eigenvalue weighted by Crippen LogP contribution is -2.24. The molecular formula is C14H12BrN2O+. The highest BCUT2D eigenvalue weighted by atomic mass is 79.9. The zero-order chi connectivity index (χ0) is 13.0. The molecule has 2 N–H and O–H groups in total. The number of carbonyl (C=O) groups excluding carboxylic acids is 1. The lowest BCUT2D eigenvalue weighted by atomic mass is 10.1. The van der Waals surface area contributed by atoms with Gasteiger partial charge in [-0.3, -0.25) is 4.79 Å². The SMILES string of the molecule is Nc1cc[n+](C=CC(=O)c2ccc(Br)cc2)cc1. The van der Waals surface area contributed by atoms with Crippen LogP contribution in [0.4, 0.5) is 5.69 Å². The molecule has 3 nitrogen and oxygen atoms in total. The summed E-state index contributed by atoms with van der Waals surface area (Å²) in [6.45, 7) is 0. The second-order valence-electron chi connectivity index (χ2n) is 3.77. The summed E-state index contributed by atoms with van der Waals surface area (Å²) < 4.78 is 2.73. The number of rotatable bonds is 3. The molecule has 18 heavy (non-hydrogen) atoms. The van der Waals surface area contributed by atoms with Crippen LogP contribution in [0.1, 0.15) is 10.4 Å². The predicted molar refractivity (Wildman–Crippen MR) is 74.9 cm³/mol. The van der Waals surface area contributed by atoms with Crippen molar-refractivity contribution in [2.75, 3.05) is 5.73 Å². The van der Waals surface area contributed by atoms with Crippen LogP contribution in [-0.4, -0.2) is 5.78 Å². The molecule has 2 aromatic rings. The molecule has 2 rings (SSSR count). The van der Waals surface area contributed by atoms with Crippen molar-refractivity contribution in [3.8, 4) is 0 Å². The largest absolute Gasteiger partial charge is 0.398 e. The van der Waals surface area contributed by atoms with Crippen LogP contribution in [0.5, 0.6) is 0 Å². The number of hydrogen-bond donors (Lipinski definition) is 1. The number of hydrogen-bond acceptors (Lipinski definition) is 2. The molecule has 1 aromatic carbocycles. The first-order chi connectivity index (χ1) is 8.65. The van der Waals surface area contributed by atoms with E-state index in [0.29, 0.717) is 11.3 Å².